The molecule has 1 atom stereocenters. The quantitative estimate of drug-likeness (QED) is 0.701. The van der Waals surface area contributed by atoms with Gasteiger partial charge in [0.1, 0.15) is 0 Å². The van der Waals surface area contributed by atoms with Crippen molar-refractivity contribution in [2.45, 2.75) is 24.9 Å². The van der Waals surface area contributed by atoms with E-state index in [1.807, 2.05) is 31.3 Å². The molecule has 0 radical (unpaired) electrons. The van der Waals surface area contributed by atoms with E-state index in [1.165, 1.54) is 12.1 Å². The molecule has 124 valence electrons. The molecule has 2 rings (SSSR count). The average Bonchev–Trinajstić information content (AvgIpc) is 2.52. The van der Waals surface area contributed by atoms with Gasteiger partial charge in [0.25, 0.3) is 0 Å². The standard InChI is InChI=1S/C18H19BrF3N/c1-23-10-9-15(11-13-5-7-17(19)8-6-13)14-3-2-4-16(12-14)18(20,21)22/h2-8,12,15,23H,9-11H2,1H3. The molecule has 5 heteroatoms. The van der Waals surface area contributed by atoms with Gasteiger partial charge >= 0.3 is 6.18 Å². The summed E-state index contributed by atoms with van der Waals surface area (Å²) in [6, 6.07) is 13.6. The van der Waals surface area contributed by atoms with Crippen molar-refractivity contribution >= 4 is 15.9 Å². The average molecular weight is 386 g/mol. The summed E-state index contributed by atoms with van der Waals surface area (Å²) in [5.74, 6) is 0.0472. The number of nitrogens with one attached hydrogen (secondary N) is 1. The van der Waals surface area contributed by atoms with Crippen molar-refractivity contribution < 1.29 is 13.2 Å². The van der Waals surface area contributed by atoms with Crippen LogP contribution in [0.3, 0.4) is 0 Å². The molecule has 1 unspecified atom stereocenters. The molecule has 1 N–H and O–H groups in total. The lowest BCUT2D eigenvalue weighted by Crippen LogP contribution is -2.15. The molecule has 0 aliphatic heterocycles. The van der Waals surface area contributed by atoms with Gasteiger partial charge in [0.2, 0.25) is 0 Å². The molecule has 0 fully saturated rings. The molecule has 0 saturated carbocycles. The molecule has 0 aliphatic rings. The van der Waals surface area contributed by atoms with E-state index >= 15 is 0 Å². The van der Waals surface area contributed by atoms with E-state index in [4.69, 9.17) is 0 Å². The maximum Gasteiger partial charge on any atom is 0.416 e. The highest BCUT2D eigenvalue weighted by atomic mass is 79.9. The summed E-state index contributed by atoms with van der Waals surface area (Å²) in [4.78, 5) is 0. The molecule has 0 spiro atoms. The van der Waals surface area contributed by atoms with Crippen LogP contribution >= 0.6 is 15.9 Å². The van der Waals surface area contributed by atoms with Gasteiger partial charge in [-0.15, -0.1) is 0 Å². The van der Waals surface area contributed by atoms with Crippen molar-refractivity contribution in [1.29, 1.82) is 0 Å². The van der Waals surface area contributed by atoms with Crippen molar-refractivity contribution in [1.82, 2.24) is 5.32 Å². The SMILES string of the molecule is CNCCC(Cc1ccc(Br)cc1)c1cccc(C(F)(F)F)c1. The zero-order valence-corrected chi connectivity index (χ0v) is 14.4. The van der Waals surface area contributed by atoms with E-state index in [1.54, 1.807) is 6.07 Å². The third-order valence-corrected chi connectivity index (χ3v) is 4.35. The van der Waals surface area contributed by atoms with E-state index in [-0.39, 0.29) is 5.92 Å². The third-order valence-electron chi connectivity index (χ3n) is 3.82. The maximum atomic E-state index is 12.9. The Kier molecular flexibility index (Phi) is 6.25. The third kappa shape index (κ3) is 5.36. The van der Waals surface area contributed by atoms with E-state index < -0.39 is 11.7 Å². The van der Waals surface area contributed by atoms with Gasteiger partial charge in [-0.1, -0.05) is 46.3 Å². The zero-order valence-electron chi connectivity index (χ0n) is 12.8. The lowest BCUT2D eigenvalue weighted by atomic mass is 9.88. The normalized spacial score (nSPS) is 13.1. The first-order chi connectivity index (χ1) is 10.9. The lowest BCUT2D eigenvalue weighted by molar-refractivity contribution is -0.137. The highest BCUT2D eigenvalue weighted by Crippen LogP contribution is 2.33. The topological polar surface area (TPSA) is 12.0 Å². The van der Waals surface area contributed by atoms with Crippen LogP contribution in [0.5, 0.6) is 0 Å². The van der Waals surface area contributed by atoms with E-state index in [0.717, 1.165) is 41.1 Å². The summed E-state index contributed by atoms with van der Waals surface area (Å²) in [5.41, 5.74) is 1.27. The van der Waals surface area contributed by atoms with Crippen LogP contribution in [-0.2, 0) is 12.6 Å². The van der Waals surface area contributed by atoms with Crippen LogP contribution in [0.4, 0.5) is 13.2 Å². The molecule has 2 aromatic carbocycles. The first-order valence-electron chi connectivity index (χ1n) is 7.46. The summed E-state index contributed by atoms with van der Waals surface area (Å²) in [5, 5.41) is 3.08. The first-order valence-corrected chi connectivity index (χ1v) is 8.25. The molecular weight excluding hydrogens is 367 g/mol. The highest BCUT2D eigenvalue weighted by Gasteiger charge is 2.30. The summed E-state index contributed by atoms with van der Waals surface area (Å²) in [6.45, 7) is 0.761. The molecule has 2 aromatic rings. The van der Waals surface area contributed by atoms with Crippen molar-refractivity contribution in [3.8, 4) is 0 Å². The fourth-order valence-corrected chi connectivity index (χ4v) is 2.84. The predicted molar refractivity (Wildman–Crippen MR) is 90.6 cm³/mol. The molecule has 0 aromatic heterocycles. The van der Waals surface area contributed by atoms with Gasteiger partial charge in [-0.2, -0.15) is 13.2 Å². The Morgan fingerprint density at radius 2 is 1.78 bits per heavy atom. The van der Waals surface area contributed by atoms with Gasteiger partial charge < -0.3 is 5.32 Å². The van der Waals surface area contributed by atoms with Gasteiger partial charge in [-0.05, 0) is 61.7 Å². The van der Waals surface area contributed by atoms with Crippen molar-refractivity contribution in [2.75, 3.05) is 13.6 Å². The second-order valence-electron chi connectivity index (χ2n) is 5.54. The Bertz CT molecular complexity index is 623. The van der Waals surface area contributed by atoms with Crippen molar-refractivity contribution in [3.63, 3.8) is 0 Å². The number of hydrogen-bond acceptors (Lipinski definition) is 1. The smallest absolute Gasteiger partial charge is 0.320 e. The molecule has 0 heterocycles. The van der Waals surface area contributed by atoms with Gasteiger partial charge in [0.15, 0.2) is 0 Å². The fraction of sp³-hybridized carbons (Fsp3) is 0.333. The summed E-state index contributed by atoms with van der Waals surface area (Å²) in [6.07, 6.45) is -2.80. The van der Waals surface area contributed by atoms with Crippen LogP contribution in [-0.4, -0.2) is 13.6 Å². The summed E-state index contributed by atoms with van der Waals surface area (Å²) >= 11 is 3.39. The number of rotatable bonds is 6. The number of hydrogen-bond donors (Lipinski definition) is 1. The molecule has 0 saturated heterocycles. The van der Waals surface area contributed by atoms with Crippen LogP contribution in [0.15, 0.2) is 53.0 Å². The Morgan fingerprint density at radius 3 is 2.39 bits per heavy atom. The monoisotopic (exact) mass is 385 g/mol. The number of alkyl halides is 3. The van der Waals surface area contributed by atoms with E-state index in [9.17, 15) is 13.2 Å². The van der Waals surface area contributed by atoms with E-state index in [0.29, 0.717) is 0 Å². The van der Waals surface area contributed by atoms with Crippen molar-refractivity contribution in [2.24, 2.45) is 0 Å². The summed E-state index contributed by atoms with van der Waals surface area (Å²) < 4.78 is 39.8. The Balaban J connectivity index is 2.25. The van der Waals surface area contributed by atoms with Crippen LogP contribution in [0.1, 0.15) is 29.0 Å². The molecule has 23 heavy (non-hydrogen) atoms. The van der Waals surface area contributed by atoms with Gasteiger partial charge in [0.05, 0.1) is 5.56 Å². The van der Waals surface area contributed by atoms with Crippen LogP contribution < -0.4 is 5.32 Å². The second-order valence-corrected chi connectivity index (χ2v) is 6.46. The minimum atomic E-state index is -4.30. The minimum Gasteiger partial charge on any atom is -0.320 e. The zero-order chi connectivity index (χ0) is 16.9. The van der Waals surface area contributed by atoms with Crippen LogP contribution in [0.2, 0.25) is 0 Å². The first kappa shape index (κ1) is 18.0. The van der Waals surface area contributed by atoms with Crippen molar-refractivity contribution in [3.05, 3.63) is 69.7 Å². The molecule has 1 nitrogen and oxygen atoms in total. The van der Waals surface area contributed by atoms with Gasteiger partial charge in [-0.3, -0.25) is 0 Å². The maximum absolute atomic E-state index is 12.9. The largest absolute Gasteiger partial charge is 0.416 e. The summed E-state index contributed by atoms with van der Waals surface area (Å²) in [7, 11) is 1.85. The van der Waals surface area contributed by atoms with E-state index in [2.05, 4.69) is 21.2 Å². The fourth-order valence-electron chi connectivity index (χ4n) is 2.58. The van der Waals surface area contributed by atoms with Gasteiger partial charge in [-0.25, -0.2) is 0 Å². The number of benzene rings is 2. The van der Waals surface area contributed by atoms with Crippen LogP contribution in [0, 0.1) is 0 Å². The highest BCUT2D eigenvalue weighted by molar-refractivity contribution is 9.10. The minimum absolute atomic E-state index is 0.0472. The predicted octanol–water partition coefficient (Wildman–Crippen LogP) is 5.40. The second kappa shape index (κ2) is 7.97. The molecule has 0 aliphatic carbocycles. The van der Waals surface area contributed by atoms with Gasteiger partial charge in [0, 0.05) is 4.47 Å². The molecule has 0 bridgehead atoms. The Hall–Kier alpha value is -1.33. The number of halogens is 4. The molecule has 0 amide bonds. The van der Waals surface area contributed by atoms with Crippen LogP contribution in [0.25, 0.3) is 0 Å². The Labute approximate surface area is 143 Å². The molecular formula is C18H19BrF3N. The lowest BCUT2D eigenvalue weighted by Gasteiger charge is -2.19. The Morgan fingerprint density at radius 1 is 1.09 bits per heavy atom.